The van der Waals surface area contributed by atoms with Gasteiger partial charge >= 0.3 is 0 Å². The molecule has 134 valence electrons. The molecule has 1 nitrogen and oxygen atoms in total. The standard InChI is InChI=1S/C23H29FO/c1-3-5-6-8-22(24)17-20-13-15-23(16-14-20)25-18-21-11-9-19(7-4-2)10-12-21/h9-17H,3-8,18H2,1-2H3/b22-17+. The highest BCUT2D eigenvalue weighted by molar-refractivity contribution is 5.52. The van der Waals surface area contributed by atoms with Crippen molar-refractivity contribution in [2.75, 3.05) is 0 Å². The molecule has 0 aliphatic rings. The summed E-state index contributed by atoms with van der Waals surface area (Å²) in [6, 6.07) is 16.2. The minimum Gasteiger partial charge on any atom is -0.489 e. The molecular weight excluding hydrogens is 311 g/mol. The first kappa shape index (κ1) is 19.2. The van der Waals surface area contributed by atoms with Crippen molar-refractivity contribution in [1.29, 1.82) is 0 Å². The summed E-state index contributed by atoms with van der Waals surface area (Å²) in [5.41, 5.74) is 3.40. The maximum Gasteiger partial charge on any atom is 0.119 e. The average Bonchev–Trinajstić information content (AvgIpc) is 2.63. The molecule has 0 heterocycles. The number of aryl methyl sites for hydroxylation is 1. The first-order valence-electron chi connectivity index (χ1n) is 9.38. The molecule has 0 aromatic heterocycles. The highest BCUT2D eigenvalue weighted by Crippen LogP contribution is 2.19. The number of rotatable bonds is 10. The number of unbranched alkanes of at least 4 members (excludes halogenated alkanes) is 2. The van der Waals surface area contributed by atoms with Gasteiger partial charge in [0.25, 0.3) is 0 Å². The van der Waals surface area contributed by atoms with Crippen molar-refractivity contribution in [3.05, 3.63) is 71.0 Å². The Morgan fingerprint density at radius 3 is 2.20 bits per heavy atom. The van der Waals surface area contributed by atoms with Crippen molar-refractivity contribution >= 4 is 6.08 Å². The lowest BCUT2D eigenvalue weighted by Crippen LogP contribution is -1.95. The molecule has 0 aliphatic carbocycles. The van der Waals surface area contributed by atoms with E-state index in [9.17, 15) is 4.39 Å². The van der Waals surface area contributed by atoms with E-state index in [0.717, 1.165) is 49.0 Å². The second-order valence-corrected chi connectivity index (χ2v) is 6.47. The van der Waals surface area contributed by atoms with E-state index >= 15 is 0 Å². The molecule has 0 saturated heterocycles. The molecule has 0 unspecified atom stereocenters. The molecule has 0 amide bonds. The van der Waals surface area contributed by atoms with Crippen molar-refractivity contribution in [2.45, 2.75) is 59.0 Å². The first-order valence-corrected chi connectivity index (χ1v) is 9.38. The van der Waals surface area contributed by atoms with E-state index in [-0.39, 0.29) is 5.83 Å². The van der Waals surface area contributed by atoms with E-state index in [2.05, 4.69) is 38.1 Å². The third-order valence-corrected chi connectivity index (χ3v) is 4.19. The maximum absolute atomic E-state index is 13.8. The summed E-state index contributed by atoms with van der Waals surface area (Å²) in [4.78, 5) is 0. The molecule has 2 aromatic carbocycles. The molecule has 0 spiro atoms. The Hall–Kier alpha value is -2.09. The fraction of sp³-hybridized carbons (Fsp3) is 0.391. The van der Waals surface area contributed by atoms with Crippen LogP contribution in [0, 0.1) is 0 Å². The Labute approximate surface area is 151 Å². The van der Waals surface area contributed by atoms with Gasteiger partial charge in [-0.05, 0) is 54.2 Å². The lowest BCUT2D eigenvalue weighted by atomic mass is 10.1. The third kappa shape index (κ3) is 7.13. The monoisotopic (exact) mass is 340 g/mol. The fourth-order valence-electron chi connectivity index (χ4n) is 2.71. The molecule has 2 heteroatoms. The summed E-state index contributed by atoms with van der Waals surface area (Å²) in [7, 11) is 0. The van der Waals surface area contributed by atoms with E-state index in [1.165, 1.54) is 5.56 Å². The maximum atomic E-state index is 13.8. The highest BCUT2D eigenvalue weighted by Gasteiger charge is 1.99. The van der Waals surface area contributed by atoms with Crippen LogP contribution in [-0.4, -0.2) is 0 Å². The van der Waals surface area contributed by atoms with Crippen molar-refractivity contribution in [3.8, 4) is 5.75 Å². The van der Waals surface area contributed by atoms with E-state index in [0.29, 0.717) is 13.0 Å². The summed E-state index contributed by atoms with van der Waals surface area (Å²) in [6.45, 7) is 4.86. The number of benzene rings is 2. The quantitative estimate of drug-likeness (QED) is 0.419. The first-order chi connectivity index (χ1) is 12.2. The van der Waals surface area contributed by atoms with Crippen molar-refractivity contribution in [2.24, 2.45) is 0 Å². The van der Waals surface area contributed by atoms with Gasteiger partial charge in [-0.15, -0.1) is 0 Å². The van der Waals surface area contributed by atoms with Crippen molar-refractivity contribution < 1.29 is 9.13 Å². The number of allylic oxidation sites excluding steroid dienone is 1. The largest absolute Gasteiger partial charge is 0.489 e. The number of halogens is 1. The zero-order valence-electron chi connectivity index (χ0n) is 15.4. The number of hydrogen-bond donors (Lipinski definition) is 0. The number of ether oxygens (including phenoxy) is 1. The topological polar surface area (TPSA) is 9.23 Å². The van der Waals surface area contributed by atoms with Gasteiger partial charge in [0.1, 0.15) is 18.2 Å². The zero-order chi connectivity index (χ0) is 17.9. The predicted molar refractivity (Wildman–Crippen MR) is 104 cm³/mol. The molecule has 0 fully saturated rings. The summed E-state index contributed by atoms with van der Waals surface area (Å²) >= 11 is 0. The number of hydrogen-bond acceptors (Lipinski definition) is 1. The molecular formula is C23H29FO. The van der Waals surface area contributed by atoms with E-state index in [4.69, 9.17) is 4.74 Å². The molecule has 0 aliphatic heterocycles. The van der Waals surface area contributed by atoms with Gasteiger partial charge in [0, 0.05) is 0 Å². The van der Waals surface area contributed by atoms with Crippen LogP contribution in [0.15, 0.2) is 54.4 Å². The summed E-state index contributed by atoms with van der Waals surface area (Å²) in [5, 5.41) is 0. The normalized spacial score (nSPS) is 11.6. The van der Waals surface area contributed by atoms with E-state index < -0.39 is 0 Å². The summed E-state index contributed by atoms with van der Waals surface area (Å²) < 4.78 is 19.6. The zero-order valence-corrected chi connectivity index (χ0v) is 15.4. The van der Waals surface area contributed by atoms with Gasteiger partial charge in [0.05, 0.1) is 0 Å². The van der Waals surface area contributed by atoms with Crippen LogP contribution in [0.3, 0.4) is 0 Å². The molecule has 0 radical (unpaired) electrons. The summed E-state index contributed by atoms with van der Waals surface area (Å²) in [5.74, 6) is 0.760. The van der Waals surface area contributed by atoms with Crippen molar-refractivity contribution in [1.82, 2.24) is 0 Å². The minimum atomic E-state index is -0.0470. The van der Waals surface area contributed by atoms with Gasteiger partial charge in [-0.25, -0.2) is 4.39 Å². The van der Waals surface area contributed by atoms with Gasteiger partial charge in [-0.1, -0.05) is 69.5 Å². The molecule has 25 heavy (non-hydrogen) atoms. The molecule has 2 aromatic rings. The summed E-state index contributed by atoms with van der Waals surface area (Å²) in [6.07, 6.45) is 7.53. The van der Waals surface area contributed by atoms with Gasteiger partial charge in [0.15, 0.2) is 0 Å². The van der Waals surface area contributed by atoms with Crippen LogP contribution < -0.4 is 4.74 Å². The van der Waals surface area contributed by atoms with Gasteiger partial charge in [-0.3, -0.25) is 0 Å². The minimum absolute atomic E-state index is 0.0470. The smallest absolute Gasteiger partial charge is 0.119 e. The third-order valence-electron chi connectivity index (χ3n) is 4.19. The van der Waals surface area contributed by atoms with E-state index in [1.54, 1.807) is 6.08 Å². The Morgan fingerprint density at radius 1 is 0.880 bits per heavy atom. The fourth-order valence-corrected chi connectivity index (χ4v) is 2.71. The Morgan fingerprint density at radius 2 is 1.56 bits per heavy atom. The molecule has 0 bridgehead atoms. The molecule has 2 rings (SSSR count). The second kappa shape index (κ2) is 10.7. The Balaban J connectivity index is 1.84. The second-order valence-electron chi connectivity index (χ2n) is 6.47. The van der Waals surface area contributed by atoms with Gasteiger partial charge < -0.3 is 4.74 Å². The lowest BCUT2D eigenvalue weighted by molar-refractivity contribution is 0.306. The Kier molecular flexibility index (Phi) is 8.24. The van der Waals surface area contributed by atoms with Crippen LogP contribution in [0.1, 0.15) is 62.6 Å². The van der Waals surface area contributed by atoms with Crippen LogP contribution in [0.4, 0.5) is 4.39 Å². The van der Waals surface area contributed by atoms with Crippen LogP contribution in [-0.2, 0) is 13.0 Å². The molecule has 0 saturated carbocycles. The van der Waals surface area contributed by atoms with Crippen LogP contribution in [0.25, 0.3) is 6.08 Å². The van der Waals surface area contributed by atoms with Crippen LogP contribution >= 0.6 is 0 Å². The van der Waals surface area contributed by atoms with Crippen LogP contribution in [0.5, 0.6) is 5.75 Å². The molecule has 0 atom stereocenters. The average molecular weight is 340 g/mol. The van der Waals surface area contributed by atoms with Gasteiger partial charge in [0.2, 0.25) is 0 Å². The van der Waals surface area contributed by atoms with Crippen LogP contribution in [0.2, 0.25) is 0 Å². The highest BCUT2D eigenvalue weighted by atomic mass is 19.1. The van der Waals surface area contributed by atoms with Crippen molar-refractivity contribution in [3.63, 3.8) is 0 Å². The van der Waals surface area contributed by atoms with Gasteiger partial charge in [-0.2, -0.15) is 0 Å². The van der Waals surface area contributed by atoms with E-state index in [1.807, 2.05) is 24.3 Å². The predicted octanol–water partition coefficient (Wildman–Crippen LogP) is 7.11. The SMILES string of the molecule is CCCCC/C(F)=C\c1ccc(OCc2ccc(CCC)cc2)cc1. The molecule has 0 N–H and O–H groups in total. The Bertz CT molecular complexity index is 641. The lowest BCUT2D eigenvalue weighted by Gasteiger charge is -2.07.